The molecule has 0 amide bonds. The molecule has 0 spiro atoms. The molecule has 0 fully saturated rings. The zero-order valence-corrected chi connectivity index (χ0v) is 8.56. The van der Waals surface area contributed by atoms with Gasteiger partial charge >= 0.3 is 0 Å². The maximum absolute atomic E-state index is 4.14. The Bertz CT molecular complexity index is 446. The molecule has 0 radical (unpaired) electrons. The molecule has 2 rings (SSSR count). The van der Waals surface area contributed by atoms with Crippen LogP contribution in [0.5, 0.6) is 0 Å². The first-order valence-electron chi connectivity index (χ1n) is 4.99. The van der Waals surface area contributed by atoms with Gasteiger partial charge in [0.25, 0.3) is 0 Å². The van der Waals surface area contributed by atoms with Gasteiger partial charge in [-0.2, -0.15) is 0 Å². The fourth-order valence-corrected chi connectivity index (χ4v) is 1.60. The lowest BCUT2D eigenvalue weighted by Crippen LogP contribution is -1.92. The molecule has 0 aliphatic carbocycles. The van der Waals surface area contributed by atoms with E-state index >= 15 is 0 Å². The van der Waals surface area contributed by atoms with Crippen LogP contribution in [0.3, 0.4) is 0 Å². The Morgan fingerprint density at radius 3 is 2.67 bits per heavy atom. The molecule has 1 nitrogen and oxygen atoms in total. The second kappa shape index (κ2) is 4.56. The number of hydrogen-bond donors (Lipinski definition) is 0. The summed E-state index contributed by atoms with van der Waals surface area (Å²) in [5.74, 6) is 0. The SMILES string of the molecule is C=Cc1ccncc1Cc1ccccc1. The van der Waals surface area contributed by atoms with Crippen molar-refractivity contribution >= 4 is 6.08 Å². The fraction of sp³-hybridized carbons (Fsp3) is 0.0714. The highest BCUT2D eigenvalue weighted by molar-refractivity contribution is 5.51. The van der Waals surface area contributed by atoms with Gasteiger partial charge in [-0.3, -0.25) is 4.98 Å². The number of hydrogen-bond acceptors (Lipinski definition) is 1. The van der Waals surface area contributed by atoms with Gasteiger partial charge in [-0.25, -0.2) is 0 Å². The first kappa shape index (κ1) is 9.66. The lowest BCUT2D eigenvalue weighted by Gasteiger charge is -2.04. The van der Waals surface area contributed by atoms with E-state index in [0.29, 0.717) is 0 Å². The van der Waals surface area contributed by atoms with Crippen LogP contribution in [0.4, 0.5) is 0 Å². The molecule has 0 unspecified atom stereocenters. The summed E-state index contributed by atoms with van der Waals surface area (Å²) in [4.78, 5) is 4.14. The highest BCUT2D eigenvalue weighted by atomic mass is 14.6. The van der Waals surface area contributed by atoms with Gasteiger partial charge in [0.05, 0.1) is 0 Å². The van der Waals surface area contributed by atoms with E-state index < -0.39 is 0 Å². The number of aromatic nitrogens is 1. The van der Waals surface area contributed by atoms with E-state index in [2.05, 4.69) is 35.8 Å². The summed E-state index contributed by atoms with van der Waals surface area (Å²) in [6.07, 6.45) is 6.49. The van der Waals surface area contributed by atoms with Gasteiger partial charge in [0, 0.05) is 12.4 Å². The second-order valence-electron chi connectivity index (χ2n) is 3.44. The minimum absolute atomic E-state index is 0.913. The monoisotopic (exact) mass is 195 g/mol. The first-order chi connectivity index (χ1) is 7.40. The summed E-state index contributed by atoms with van der Waals surface area (Å²) in [6.45, 7) is 3.81. The van der Waals surface area contributed by atoms with Crippen LogP contribution in [0, 0.1) is 0 Å². The fourth-order valence-electron chi connectivity index (χ4n) is 1.60. The Labute approximate surface area is 90.1 Å². The van der Waals surface area contributed by atoms with Crippen LogP contribution in [0.25, 0.3) is 6.08 Å². The van der Waals surface area contributed by atoms with E-state index in [0.717, 1.165) is 12.0 Å². The van der Waals surface area contributed by atoms with E-state index in [9.17, 15) is 0 Å². The van der Waals surface area contributed by atoms with Crippen LogP contribution in [-0.4, -0.2) is 4.98 Å². The predicted molar refractivity (Wildman–Crippen MR) is 63.6 cm³/mol. The van der Waals surface area contributed by atoms with Gasteiger partial charge in [0.15, 0.2) is 0 Å². The zero-order chi connectivity index (χ0) is 10.5. The average molecular weight is 195 g/mol. The summed E-state index contributed by atoms with van der Waals surface area (Å²) in [6, 6.07) is 12.4. The summed E-state index contributed by atoms with van der Waals surface area (Å²) < 4.78 is 0. The molecule has 0 atom stereocenters. The van der Waals surface area contributed by atoms with Gasteiger partial charge in [-0.1, -0.05) is 43.0 Å². The third-order valence-corrected chi connectivity index (χ3v) is 2.40. The Kier molecular flexibility index (Phi) is 2.93. The molecule has 0 bridgehead atoms. The molecule has 0 saturated carbocycles. The van der Waals surface area contributed by atoms with Crippen LogP contribution >= 0.6 is 0 Å². The highest BCUT2D eigenvalue weighted by Crippen LogP contribution is 2.13. The van der Waals surface area contributed by atoms with Crippen molar-refractivity contribution in [3.63, 3.8) is 0 Å². The van der Waals surface area contributed by atoms with E-state index in [-0.39, 0.29) is 0 Å². The van der Waals surface area contributed by atoms with Crippen molar-refractivity contribution in [3.05, 3.63) is 72.1 Å². The summed E-state index contributed by atoms with van der Waals surface area (Å²) in [7, 11) is 0. The summed E-state index contributed by atoms with van der Waals surface area (Å²) in [5, 5.41) is 0. The Hall–Kier alpha value is -1.89. The number of rotatable bonds is 3. The van der Waals surface area contributed by atoms with Crippen LogP contribution in [0.15, 0.2) is 55.4 Å². The van der Waals surface area contributed by atoms with Gasteiger partial charge in [-0.05, 0) is 29.2 Å². The summed E-state index contributed by atoms with van der Waals surface area (Å²) in [5.41, 5.74) is 3.68. The minimum atomic E-state index is 0.913. The Morgan fingerprint density at radius 2 is 1.93 bits per heavy atom. The molecule has 0 saturated heterocycles. The molecular formula is C14H13N. The van der Waals surface area contributed by atoms with Gasteiger partial charge in [0.2, 0.25) is 0 Å². The maximum atomic E-state index is 4.14. The first-order valence-corrected chi connectivity index (χ1v) is 4.99. The van der Waals surface area contributed by atoms with Crippen molar-refractivity contribution < 1.29 is 0 Å². The number of nitrogens with zero attached hydrogens (tertiary/aromatic N) is 1. The summed E-state index contributed by atoms with van der Waals surface area (Å²) >= 11 is 0. The molecular weight excluding hydrogens is 182 g/mol. The van der Waals surface area contributed by atoms with Crippen molar-refractivity contribution in [2.24, 2.45) is 0 Å². The van der Waals surface area contributed by atoms with Crippen molar-refractivity contribution in [1.29, 1.82) is 0 Å². The van der Waals surface area contributed by atoms with Crippen LogP contribution in [0.2, 0.25) is 0 Å². The van der Waals surface area contributed by atoms with Gasteiger partial charge < -0.3 is 0 Å². The second-order valence-corrected chi connectivity index (χ2v) is 3.44. The topological polar surface area (TPSA) is 12.9 Å². The molecule has 0 N–H and O–H groups in total. The van der Waals surface area contributed by atoms with Crippen LogP contribution in [0.1, 0.15) is 16.7 Å². The minimum Gasteiger partial charge on any atom is -0.264 e. The predicted octanol–water partition coefficient (Wildman–Crippen LogP) is 3.32. The lowest BCUT2D eigenvalue weighted by molar-refractivity contribution is 1.14. The molecule has 1 heteroatoms. The average Bonchev–Trinajstić information content (AvgIpc) is 2.31. The third-order valence-electron chi connectivity index (χ3n) is 2.40. The standard InChI is InChI=1S/C14H13N/c1-2-13-8-9-15-11-14(13)10-12-6-4-3-5-7-12/h2-9,11H,1,10H2. The molecule has 74 valence electrons. The molecule has 0 aliphatic rings. The smallest absolute Gasteiger partial charge is 0.0309 e. The number of pyridine rings is 1. The third kappa shape index (κ3) is 2.32. The van der Waals surface area contributed by atoms with Crippen molar-refractivity contribution in [3.8, 4) is 0 Å². The van der Waals surface area contributed by atoms with E-state index in [4.69, 9.17) is 0 Å². The highest BCUT2D eigenvalue weighted by Gasteiger charge is 1.99. The molecule has 1 aromatic heterocycles. The van der Waals surface area contributed by atoms with Crippen molar-refractivity contribution in [1.82, 2.24) is 4.98 Å². The zero-order valence-electron chi connectivity index (χ0n) is 8.56. The van der Waals surface area contributed by atoms with Crippen molar-refractivity contribution in [2.45, 2.75) is 6.42 Å². The van der Waals surface area contributed by atoms with E-state index in [1.807, 2.05) is 24.4 Å². The quantitative estimate of drug-likeness (QED) is 0.732. The maximum Gasteiger partial charge on any atom is 0.0309 e. The van der Waals surface area contributed by atoms with E-state index in [1.54, 1.807) is 6.20 Å². The molecule has 2 aromatic rings. The largest absolute Gasteiger partial charge is 0.264 e. The molecule has 1 aromatic carbocycles. The van der Waals surface area contributed by atoms with Crippen LogP contribution < -0.4 is 0 Å². The van der Waals surface area contributed by atoms with Crippen molar-refractivity contribution in [2.75, 3.05) is 0 Å². The molecule has 0 aliphatic heterocycles. The van der Waals surface area contributed by atoms with E-state index in [1.165, 1.54) is 11.1 Å². The Morgan fingerprint density at radius 1 is 1.13 bits per heavy atom. The number of benzene rings is 1. The lowest BCUT2D eigenvalue weighted by atomic mass is 10.0. The Balaban J connectivity index is 2.28. The van der Waals surface area contributed by atoms with Gasteiger partial charge in [-0.15, -0.1) is 0 Å². The molecule has 1 heterocycles. The van der Waals surface area contributed by atoms with Gasteiger partial charge in [0.1, 0.15) is 0 Å². The van der Waals surface area contributed by atoms with Crippen LogP contribution in [-0.2, 0) is 6.42 Å². The molecule has 15 heavy (non-hydrogen) atoms. The normalized spacial score (nSPS) is 9.87.